The molecular formula is C25H27N3O5S. The first-order chi connectivity index (χ1) is 16.3. The molecule has 1 aliphatic carbocycles. The van der Waals surface area contributed by atoms with Crippen molar-refractivity contribution in [3.63, 3.8) is 0 Å². The normalized spacial score (nSPS) is 13.6. The fourth-order valence-electron chi connectivity index (χ4n) is 3.68. The van der Waals surface area contributed by atoms with Crippen molar-refractivity contribution in [3.8, 4) is 0 Å². The second kappa shape index (κ2) is 10.2. The van der Waals surface area contributed by atoms with Crippen molar-refractivity contribution < 1.29 is 22.4 Å². The Morgan fingerprint density at radius 3 is 2.26 bits per heavy atom. The summed E-state index contributed by atoms with van der Waals surface area (Å²) in [7, 11) is -3.90. The molecule has 0 radical (unpaired) electrons. The molecule has 1 aliphatic rings. The average molecular weight is 482 g/mol. The Labute approximate surface area is 199 Å². The molecule has 0 saturated heterocycles. The van der Waals surface area contributed by atoms with Gasteiger partial charge in [-0.3, -0.25) is 9.59 Å². The first-order valence-corrected chi connectivity index (χ1v) is 12.5. The summed E-state index contributed by atoms with van der Waals surface area (Å²) in [6.07, 6.45) is 2.98. The molecule has 1 heterocycles. The van der Waals surface area contributed by atoms with Crippen molar-refractivity contribution in [1.29, 1.82) is 0 Å². The number of hydrogen-bond donors (Lipinski definition) is 1. The summed E-state index contributed by atoms with van der Waals surface area (Å²) in [5.74, 6) is 0.0835. The zero-order valence-corrected chi connectivity index (χ0v) is 19.7. The van der Waals surface area contributed by atoms with Gasteiger partial charge in [0.05, 0.1) is 24.2 Å². The van der Waals surface area contributed by atoms with Crippen LogP contribution >= 0.6 is 0 Å². The highest BCUT2D eigenvalue weighted by molar-refractivity contribution is 7.89. The van der Waals surface area contributed by atoms with E-state index in [9.17, 15) is 18.0 Å². The summed E-state index contributed by atoms with van der Waals surface area (Å²) in [5, 5.41) is 2.62. The maximum atomic E-state index is 13.4. The van der Waals surface area contributed by atoms with Gasteiger partial charge >= 0.3 is 0 Å². The lowest BCUT2D eigenvalue weighted by Gasteiger charge is -2.27. The highest BCUT2D eigenvalue weighted by Crippen LogP contribution is 2.32. The predicted octanol–water partition coefficient (Wildman–Crippen LogP) is 3.62. The van der Waals surface area contributed by atoms with Crippen molar-refractivity contribution in [3.05, 3.63) is 84.3 Å². The van der Waals surface area contributed by atoms with Gasteiger partial charge in [-0.2, -0.15) is 4.31 Å². The number of hydrogen-bond acceptors (Lipinski definition) is 5. The molecule has 0 aliphatic heterocycles. The Hall–Kier alpha value is -3.43. The Bertz CT molecular complexity index is 1220. The number of nitrogens with zero attached hydrogens (tertiary/aromatic N) is 2. The van der Waals surface area contributed by atoms with Gasteiger partial charge in [0.15, 0.2) is 0 Å². The first-order valence-electron chi connectivity index (χ1n) is 11.1. The van der Waals surface area contributed by atoms with E-state index in [1.165, 1.54) is 23.4 Å². The molecule has 1 aromatic heterocycles. The fraction of sp³-hybridized carbons (Fsp3) is 0.280. The average Bonchev–Trinajstić information content (AvgIpc) is 3.52. The van der Waals surface area contributed by atoms with Gasteiger partial charge in [0.25, 0.3) is 0 Å². The van der Waals surface area contributed by atoms with E-state index in [4.69, 9.17) is 4.42 Å². The Kier molecular flexibility index (Phi) is 7.14. The molecule has 8 nitrogen and oxygen atoms in total. The van der Waals surface area contributed by atoms with Gasteiger partial charge in [-0.25, -0.2) is 8.42 Å². The minimum Gasteiger partial charge on any atom is -0.467 e. The summed E-state index contributed by atoms with van der Waals surface area (Å²) in [6, 6.07) is 18.9. The van der Waals surface area contributed by atoms with Gasteiger partial charge in [0, 0.05) is 25.2 Å². The summed E-state index contributed by atoms with van der Waals surface area (Å²) in [5.41, 5.74) is 1.45. The van der Waals surface area contributed by atoms with E-state index in [0.29, 0.717) is 30.8 Å². The molecule has 0 atom stereocenters. The van der Waals surface area contributed by atoms with E-state index in [-0.39, 0.29) is 35.8 Å². The van der Waals surface area contributed by atoms with Gasteiger partial charge in [0.2, 0.25) is 21.8 Å². The second-order valence-electron chi connectivity index (χ2n) is 8.30. The molecular weight excluding hydrogens is 454 g/mol. The number of carbonyl (C=O) groups is 2. The van der Waals surface area contributed by atoms with E-state index >= 15 is 0 Å². The van der Waals surface area contributed by atoms with E-state index in [2.05, 4.69) is 5.32 Å². The fourth-order valence-corrected chi connectivity index (χ4v) is 5.32. The smallest absolute Gasteiger partial charge is 0.243 e. The molecule has 0 bridgehead atoms. The molecule has 0 unspecified atom stereocenters. The van der Waals surface area contributed by atoms with Crippen LogP contribution in [0.5, 0.6) is 0 Å². The van der Waals surface area contributed by atoms with Crippen LogP contribution in [0.25, 0.3) is 0 Å². The quantitative estimate of drug-likeness (QED) is 0.477. The van der Waals surface area contributed by atoms with Crippen LogP contribution in [0, 0.1) is 0 Å². The van der Waals surface area contributed by atoms with E-state index in [0.717, 1.165) is 5.56 Å². The first kappa shape index (κ1) is 23.7. The summed E-state index contributed by atoms with van der Waals surface area (Å²) >= 11 is 0. The third kappa shape index (κ3) is 5.92. The van der Waals surface area contributed by atoms with E-state index in [1.54, 1.807) is 35.4 Å². The number of benzene rings is 2. The minimum atomic E-state index is -3.90. The lowest BCUT2D eigenvalue weighted by molar-refractivity contribution is -0.133. The number of nitrogens with one attached hydrogen (secondary N) is 1. The monoisotopic (exact) mass is 481 g/mol. The van der Waals surface area contributed by atoms with Crippen LogP contribution < -0.4 is 5.32 Å². The molecule has 1 saturated carbocycles. The SMILES string of the molecule is CC(=O)Nc1ccc(S(=O)(=O)N(CC(=O)N(Cc2ccccc2)Cc2ccco2)C2CC2)cc1. The number of amides is 2. The predicted molar refractivity (Wildman–Crippen MR) is 127 cm³/mol. The Balaban J connectivity index is 1.54. The Morgan fingerprint density at radius 2 is 1.68 bits per heavy atom. The van der Waals surface area contributed by atoms with Crippen molar-refractivity contribution in [2.24, 2.45) is 0 Å². The van der Waals surface area contributed by atoms with Crippen LogP contribution in [0.15, 0.2) is 82.3 Å². The van der Waals surface area contributed by atoms with E-state index in [1.807, 2.05) is 30.3 Å². The van der Waals surface area contributed by atoms with Crippen molar-refractivity contribution in [2.75, 3.05) is 11.9 Å². The van der Waals surface area contributed by atoms with Crippen molar-refractivity contribution in [1.82, 2.24) is 9.21 Å². The molecule has 1 fully saturated rings. The van der Waals surface area contributed by atoms with Crippen LogP contribution in [0.4, 0.5) is 5.69 Å². The molecule has 3 aromatic rings. The molecule has 2 aromatic carbocycles. The van der Waals surface area contributed by atoms with Gasteiger partial charge in [-0.1, -0.05) is 30.3 Å². The third-order valence-electron chi connectivity index (χ3n) is 5.52. The summed E-state index contributed by atoms with van der Waals surface area (Å²) < 4.78 is 33.6. The highest BCUT2D eigenvalue weighted by Gasteiger charge is 2.40. The zero-order valence-electron chi connectivity index (χ0n) is 18.9. The number of anilines is 1. The molecule has 2 amide bonds. The van der Waals surface area contributed by atoms with Crippen molar-refractivity contribution in [2.45, 2.75) is 43.8 Å². The van der Waals surface area contributed by atoms with Crippen LogP contribution in [0.2, 0.25) is 0 Å². The van der Waals surface area contributed by atoms with Crippen LogP contribution in [0.1, 0.15) is 31.1 Å². The van der Waals surface area contributed by atoms with Crippen LogP contribution in [-0.4, -0.2) is 42.0 Å². The maximum absolute atomic E-state index is 13.4. The largest absolute Gasteiger partial charge is 0.467 e. The minimum absolute atomic E-state index is 0.0851. The van der Waals surface area contributed by atoms with Crippen LogP contribution in [-0.2, 0) is 32.7 Å². The maximum Gasteiger partial charge on any atom is 0.243 e. The third-order valence-corrected chi connectivity index (χ3v) is 7.43. The number of furan rings is 1. The topological polar surface area (TPSA) is 99.9 Å². The standard InChI is InChI=1S/C25H27N3O5S/c1-19(29)26-21-9-13-24(14-10-21)34(31,32)28(22-11-12-22)18-25(30)27(17-23-8-5-15-33-23)16-20-6-3-2-4-7-20/h2-10,13-15,22H,11-12,16-18H2,1H3,(H,26,29). The van der Waals surface area contributed by atoms with Crippen molar-refractivity contribution >= 4 is 27.5 Å². The molecule has 9 heteroatoms. The van der Waals surface area contributed by atoms with E-state index < -0.39 is 10.0 Å². The highest BCUT2D eigenvalue weighted by atomic mass is 32.2. The van der Waals surface area contributed by atoms with Gasteiger partial charge in [-0.15, -0.1) is 0 Å². The number of carbonyl (C=O) groups excluding carboxylic acids is 2. The summed E-state index contributed by atoms with van der Waals surface area (Å²) in [6.45, 7) is 1.71. The molecule has 178 valence electrons. The van der Waals surface area contributed by atoms with Gasteiger partial charge in [-0.05, 0) is 54.8 Å². The molecule has 0 spiro atoms. The Morgan fingerprint density at radius 1 is 0.971 bits per heavy atom. The molecule has 1 N–H and O–H groups in total. The second-order valence-corrected chi connectivity index (χ2v) is 10.2. The molecule has 4 rings (SSSR count). The number of sulfonamides is 1. The van der Waals surface area contributed by atoms with Crippen LogP contribution in [0.3, 0.4) is 0 Å². The van der Waals surface area contributed by atoms with Gasteiger partial charge < -0.3 is 14.6 Å². The lowest BCUT2D eigenvalue weighted by Crippen LogP contribution is -2.43. The molecule has 34 heavy (non-hydrogen) atoms. The van der Waals surface area contributed by atoms with Gasteiger partial charge in [0.1, 0.15) is 5.76 Å². The lowest BCUT2D eigenvalue weighted by atomic mass is 10.2. The zero-order chi connectivity index (χ0) is 24.1. The number of rotatable bonds is 10. The summed E-state index contributed by atoms with van der Waals surface area (Å²) in [4.78, 5) is 26.3.